The number of nitrogens with two attached hydrogens (primary N) is 1. The van der Waals surface area contributed by atoms with Crippen LogP contribution in [0.5, 0.6) is 0 Å². The van der Waals surface area contributed by atoms with Crippen molar-refractivity contribution in [2.24, 2.45) is 0 Å². The van der Waals surface area contributed by atoms with E-state index in [-0.39, 0.29) is 0 Å². The summed E-state index contributed by atoms with van der Waals surface area (Å²) < 4.78 is 5.13. The highest BCUT2D eigenvalue weighted by atomic mass is 16.6. The molecule has 1 unspecified atom stereocenters. The Morgan fingerprint density at radius 1 is 1.27 bits per heavy atom. The summed E-state index contributed by atoms with van der Waals surface area (Å²) in [5.74, 6) is -0.960. The van der Waals surface area contributed by atoms with Gasteiger partial charge >= 0.3 is 12.1 Å². The summed E-state index contributed by atoms with van der Waals surface area (Å²) in [4.78, 5) is 27.7. The quantitative estimate of drug-likeness (QED) is 0.757. The number of carbonyl (C=O) groups excluding carboxylic acids is 1. The minimum Gasteiger partial charge on any atom is -0.480 e. The summed E-state index contributed by atoms with van der Waals surface area (Å²) >= 11 is 0. The van der Waals surface area contributed by atoms with Crippen LogP contribution in [0.4, 0.5) is 10.5 Å². The first kappa shape index (κ1) is 19.5. The maximum absolute atomic E-state index is 11.6. The second-order valence-corrected chi connectivity index (χ2v) is 7.15. The predicted octanol–water partition coefficient (Wildman–Crippen LogP) is 3.29. The molecule has 1 aromatic carbocycles. The van der Waals surface area contributed by atoms with E-state index in [4.69, 9.17) is 15.6 Å². The standard InChI is InChI=1S/C10H17NO4.C9H8N2/c1-10(2,3)15-9(14)11-6-4-5-7(11)8(12)13;10-9-2-1-8-6-11-4-3-7(8)5-9/h7H,4-6H2,1-3H3,(H,12,13);1-6H,10H2. The number of fused-ring (bicyclic) bond motifs is 1. The maximum atomic E-state index is 11.6. The largest absolute Gasteiger partial charge is 0.480 e. The molecular weight excluding hydrogens is 334 g/mol. The van der Waals surface area contributed by atoms with E-state index in [1.165, 1.54) is 4.90 Å². The summed E-state index contributed by atoms with van der Waals surface area (Å²) in [6, 6.07) is 7.02. The third kappa shape index (κ3) is 5.34. The predicted molar refractivity (Wildman–Crippen MR) is 99.8 cm³/mol. The van der Waals surface area contributed by atoms with Crippen molar-refractivity contribution < 1.29 is 19.4 Å². The van der Waals surface area contributed by atoms with E-state index in [1.807, 2.05) is 30.5 Å². The lowest BCUT2D eigenvalue weighted by Gasteiger charge is -2.26. The van der Waals surface area contributed by atoms with Gasteiger partial charge in [0.1, 0.15) is 11.6 Å². The first-order valence-electron chi connectivity index (χ1n) is 8.49. The molecule has 1 atom stereocenters. The van der Waals surface area contributed by atoms with E-state index < -0.39 is 23.7 Å². The Morgan fingerprint density at radius 3 is 2.65 bits per heavy atom. The molecule has 140 valence electrons. The van der Waals surface area contributed by atoms with Crippen molar-refractivity contribution in [2.75, 3.05) is 12.3 Å². The third-order valence-corrected chi connectivity index (χ3v) is 3.83. The molecule has 2 heterocycles. The highest BCUT2D eigenvalue weighted by Crippen LogP contribution is 2.20. The number of hydrogen-bond acceptors (Lipinski definition) is 5. The highest BCUT2D eigenvalue weighted by molar-refractivity contribution is 5.84. The lowest BCUT2D eigenvalue weighted by molar-refractivity contribution is -0.142. The molecule has 26 heavy (non-hydrogen) atoms. The molecule has 1 aliphatic heterocycles. The number of aromatic nitrogens is 1. The minimum absolute atomic E-state index is 0.464. The van der Waals surface area contributed by atoms with Gasteiger partial charge in [0, 0.05) is 30.0 Å². The topological polar surface area (TPSA) is 106 Å². The second-order valence-electron chi connectivity index (χ2n) is 7.15. The average Bonchev–Trinajstić information content (AvgIpc) is 3.04. The summed E-state index contributed by atoms with van der Waals surface area (Å²) in [7, 11) is 0. The van der Waals surface area contributed by atoms with Crippen molar-refractivity contribution >= 4 is 28.5 Å². The van der Waals surface area contributed by atoms with Crippen molar-refractivity contribution in [3.05, 3.63) is 36.7 Å². The Labute approximate surface area is 152 Å². The molecule has 0 bridgehead atoms. The Bertz CT molecular complexity index is 786. The number of nitrogen functional groups attached to an aromatic ring is 1. The summed E-state index contributed by atoms with van der Waals surface area (Å²) in [5.41, 5.74) is 5.82. The van der Waals surface area contributed by atoms with Gasteiger partial charge in [0.2, 0.25) is 0 Å². The number of ether oxygens (including phenoxy) is 1. The molecular formula is C19H25N3O4. The van der Waals surface area contributed by atoms with E-state index in [2.05, 4.69) is 4.98 Å². The van der Waals surface area contributed by atoms with Crippen LogP contribution in [0.1, 0.15) is 33.6 Å². The number of aliphatic carboxylic acids is 1. The first-order valence-corrected chi connectivity index (χ1v) is 8.49. The fraction of sp³-hybridized carbons (Fsp3) is 0.421. The van der Waals surface area contributed by atoms with Crippen LogP contribution in [0, 0.1) is 0 Å². The molecule has 1 aliphatic rings. The zero-order valence-electron chi connectivity index (χ0n) is 15.3. The number of carboxylic acids is 1. The van der Waals surface area contributed by atoms with Crippen LogP contribution in [-0.2, 0) is 9.53 Å². The molecule has 0 radical (unpaired) electrons. The molecule has 1 saturated heterocycles. The molecule has 1 amide bonds. The van der Waals surface area contributed by atoms with Crippen LogP contribution in [0.15, 0.2) is 36.7 Å². The number of benzene rings is 1. The van der Waals surface area contributed by atoms with Crippen LogP contribution in [0.2, 0.25) is 0 Å². The Balaban J connectivity index is 0.000000195. The van der Waals surface area contributed by atoms with Crippen LogP contribution >= 0.6 is 0 Å². The van der Waals surface area contributed by atoms with Gasteiger partial charge < -0.3 is 15.6 Å². The number of carbonyl (C=O) groups is 2. The number of hydrogen-bond donors (Lipinski definition) is 2. The lowest BCUT2D eigenvalue weighted by atomic mass is 10.2. The van der Waals surface area contributed by atoms with Gasteiger partial charge in [-0.2, -0.15) is 0 Å². The molecule has 7 heteroatoms. The molecule has 0 spiro atoms. The zero-order valence-corrected chi connectivity index (χ0v) is 15.3. The Morgan fingerprint density at radius 2 is 2.00 bits per heavy atom. The van der Waals surface area contributed by atoms with Gasteiger partial charge in [-0.25, -0.2) is 9.59 Å². The molecule has 0 saturated carbocycles. The SMILES string of the molecule is CC(C)(C)OC(=O)N1CCCC1C(=O)O.Nc1ccc2cnccc2c1. The van der Waals surface area contributed by atoms with Crippen molar-refractivity contribution in [3.63, 3.8) is 0 Å². The monoisotopic (exact) mass is 359 g/mol. The number of likely N-dealkylation sites (tertiary alicyclic amines) is 1. The molecule has 7 nitrogen and oxygen atoms in total. The fourth-order valence-corrected chi connectivity index (χ4v) is 2.66. The van der Waals surface area contributed by atoms with Gasteiger partial charge in [0.05, 0.1) is 0 Å². The van der Waals surface area contributed by atoms with Gasteiger partial charge in [0.25, 0.3) is 0 Å². The normalized spacial score (nSPS) is 16.7. The van der Waals surface area contributed by atoms with Gasteiger partial charge in [-0.3, -0.25) is 9.88 Å². The number of rotatable bonds is 1. The third-order valence-electron chi connectivity index (χ3n) is 3.83. The van der Waals surface area contributed by atoms with Crippen molar-refractivity contribution in [1.29, 1.82) is 0 Å². The molecule has 1 aromatic heterocycles. The van der Waals surface area contributed by atoms with E-state index in [1.54, 1.807) is 27.0 Å². The molecule has 2 aromatic rings. The average molecular weight is 359 g/mol. The van der Waals surface area contributed by atoms with E-state index in [9.17, 15) is 9.59 Å². The van der Waals surface area contributed by atoms with E-state index in [0.29, 0.717) is 13.0 Å². The lowest BCUT2D eigenvalue weighted by Crippen LogP contribution is -2.43. The van der Waals surface area contributed by atoms with Gasteiger partial charge in [-0.1, -0.05) is 6.07 Å². The molecule has 3 N–H and O–H groups in total. The Hall–Kier alpha value is -2.83. The van der Waals surface area contributed by atoms with Crippen molar-refractivity contribution in [2.45, 2.75) is 45.3 Å². The number of pyridine rings is 1. The number of anilines is 1. The fourth-order valence-electron chi connectivity index (χ4n) is 2.66. The van der Waals surface area contributed by atoms with Crippen LogP contribution in [0.3, 0.4) is 0 Å². The van der Waals surface area contributed by atoms with Gasteiger partial charge in [-0.05, 0) is 57.2 Å². The molecule has 3 rings (SSSR count). The number of carboxylic acid groups (broad SMARTS) is 1. The molecule has 1 fully saturated rings. The summed E-state index contributed by atoms with van der Waals surface area (Å²) in [5, 5.41) is 11.1. The molecule has 0 aliphatic carbocycles. The van der Waals surface area contributed by atoms with Crippen molar-refractivity contribution in [3.8, 4) is 0 Å². The second kappa shape index (κ2) is 8.03. The van der Waals surface area contributed by atoms with Crippen LogP contribution in [-0.4, -0.2) is 45.2 Å². The van der Waals surface area contributed by atoms with Crippen LogP contribution < -0.4 is 5.73 Å². The summed E-state index contributed by atoms with van der Waals surface area (Å²) in [6.45, 7) is 5.75. The minimum atomic E-state index is -0.960. The Kier molecular flexibility index (Phi) is 6.02. The number of nitrogens with zero attached hydrogens (tertiary/aromatic N) is 2. The zero-order chi connectivity index (χ0) is 19.3. The van der Waals surface area contributed by atoms with Crippen molar-refractivity contribution in [1.82, 2.24) is 9.88 Å². The smallest absolute Gasteiger partial charge is 0.411 e. The van der Waals surface area contributed by atoms with Crippen LogP contribution in [0.25, 0.3) is 10.8 Å². The van der Waals surface area contributed by atoms with E-state index >= 15 is 0 Å². The van der Waals surface area contributed by atoms with E-state index in [0.717, 1.165) is 22.9 Å². The highest BCUT2D eigenvalue weighted by Gasteiger charge is 2.36. The van der Waals surface area contributed by atoms with Gasteiger partial charge in [-0.15, -0.1) is 0 Å². The van der Waals surface area contributed by atoms with Gasteiger partial charge in [0.15, 0.2) is 0 Å². The number of amides is 1. The summed E-state index contributed by atoms with van der Waals surface area (Å²) in [6.07, 6.45) is 4.29. The maximum Gasteiger partial charge on any atom is 0.411 e. The first-order chi connectivity index (χ1) is 12.2.